The third-order valence-electron chi connectivity index (χ3n) is 3.57. The first-order chi connectivity index (χ1) is 9.66. The summed E-state index contributed by atoms with van der Waals surface area (Å²) in [5, 5.41) is 10.3. The van der Waals surface area contributed by atoms with Crippen molar-refractivity contribution in [2.45, 2.75) is 12.8 Å². The van der Waals surface area contributed by atoms with Crippen LogP contribution in [0.1, 0.15) is 21.7 Å². The van der Waals surface area contributed by atoms with Crippen LogP contribution in [0.4, 0.5) is 0 Å². The molecule has 1 aromatic carbocycles. The molecule has 0 fully saturated rings. The molecule has 0 aliphatic heterocycles. The number of carboxylic acid groups (broad SMARTS) is 1. The van der Waals surface area contributed by atoms with Gasteiger partial charge in [-0.1, -0.05) is 18.2 Å². The highest BCUT2D eigenvalue weighted by Crippen LogP contribution is 2.20. The number of benzene rings is 1. The van der Waals surface area contributed by atoms with Gasteiger partial charge in [-0.25, -0.2) is 9.78 Å². The van der Waals surface area contributed by atoms with E-state index < -0.39 is 5.97 Å². The molecule has 5 nitrogen and oxygen atoms in total. The fourth-order valence-corrected chi connectivity index (χ4v) is 2.52. The Hall–Kier alpha value is -2.56. The molecule has 0 aliphatic carbocycles. The minimum absolute atomic E-state index is 0.146. The second-order valence-corrected chi connectivity index (χ2v) is 4.82. The molecule has 3 aromatic rings. The van der Waals surface area contributed by atoms with E-state index in [1.165, 1.54) is 10.9 Å². The molecule has 0 atom stereocenters. The number of nitrogens with one attached hydrogen (secondary N) is 1. The Labute approximate surface area is 115 Å². The molecule has 0 saturated heterocycles. The standard InChI is InChI=1S/C15H15N3O2/c1-18-9-17-14(15(19)20)13(18)7-6-10-8-16-12-5-3-2-4-11(10)12/h2-5,8-9,16H,6-7H2,1H3,(H,19,20). The van der Waals surface area contributed by atoms with Gasteiger partial charge in [-0.15, -0.1) is 0 Å². The van der Waals surface area contributed by atoms with Crippen LogP contribution in [0.5, 0.6) is 0 Å². The summed E-state index contributed by atoms with van der Waals surface area (Å²) < 4.78 is 1.78. The van der Waals surface area contributed by atoms with Crippen molar-refractivity contribution in [1.82, 2.24) is 14.5 Å². The number of nitrogens with zero attached hydrogens (tertiary/aromatic N) is 2. The summed E-state index contributed by atoms with van der Waals surface area (Å²) in [6, 6.07) is 8.10. The van der Waals surface area contributed by atoms with Gasteiger partial charge >= 0.3 is 5.97 Å². The Morgan fingerprint density at radius 2 is 2.15 bits per heavy atom. The molecule has 0 bridgehead atoms. The van der Waals surface area contributed by atoms with Crippen LogP contribution in [-0.4, -0.2) is 25.6 Å². The number of aromatic amines is 1. The fourth-order valence-electron chi connectivity index (χ4n) is 2.52. The summed E-state index contributed by atoms with van der Waals surface area (Å²) in [6.45, 7) is 0. The zero-order valence-corrected chi connectivity index (χ0v) is 11.1. The van der Waals surface area contributed by atoms with Crippen molar-refractivity contribution in [1.29, 1.82) is 0 Å². The van der Waals surface area contributed by atoms with Crippen LogP contribution < -0.4 is 0 Å². The third-order valence-corrected chi connectivity index (χ3v) is 3.57. The highest BCUT2D eigenvalue weighted by atomic mass is 16.4. The summed E-state index contributed by atoms with van der Waals surface area (Å²) >= 11 is 0. The first-order valence-corrected chi connectivity index (χ1v) is 6.45. The van der Waals surface area contributed by atoms with Gasteiger partial charge in [0.25, 0.3) is 0 Å². The lowest BCUT2D eigenvalue weighted by molar-refractivity contribution is 0.0689. The Kier molecular flexibility index (Phi) is 3.02. The zero-order valence-electron chi connectivity index (χ0n) is 11.1. The van der Waals surface area contributed by atoms with Crippen molar-refractivity contribution in [3.8, 4) is 0 Å². The second kappa shape index (κ2) is 4.85. The molecular formula is C15H15N3O2. The van der Waals surface area contributed by atoms with E-state index in [0.29, 0.717) is 6.42 Å². The number of imidazole rings is 1. The number of aromatic nitrogens is 3. The molecule has 20 heavy (non-hydrogen) atoms. The van der Waals surface area contributed by atoms with E-state index in [1.54, 1.807) is 10.9 Å². The van der Waals surface area contributed by atoms with Gasteiger partial charge in [-0.2, -0.15) is 0 Å². The Morgan fingerprint density at radius 1 is 1.35 bits per heavy atom. The number of aromatic carboxylic acids is 1. The van der Waals surface area contributed by atoms with Crippen molar-refractivity contribution in [3.05, 3.63) is 53.7 Å². The third kappa shape index (κ3) is 2.07. The smallest absolute Gasteiger partial charge is 0.356 e. The molecule has 0 unspecified atom stereocenters. The number of fused-ring (bicyclic) bond motifs is 1. The maximum absolute atomic E-state index is 11.1. The van der Waals surface area contributed by atoms with E-state index in [9.17, 15) is 4.79 Å². The van der Waals surface area contributed by atoms with Gasteiger partial charge in [0.05, 0.1) is 12.0 Å². The van der Waals surface area contributed by atoms with E-state index in [4.69, 9.17) is 5.11 Å². The Morgan fingerprint density at radius 3 is 2.95 bits per heavy atom. The molecule has 0 radical (unpaired) electrons. The number of hydrogen-bond donors (Lipinski definition) is 2. The van der Waals surface area contributed by atoms with Crippen molar-refractivity contribution in [2.75, 3.05) is 0 Å². The van der Waals surface area contributed by atoms with E-state index in [0.717, 1.165) is 17.6 Å². The van der Waals surface area contributed by atoms with Crippen molar-refractivity contribution in [3.63, 3.8) is 0 Å². The highest BCUT2D eigenvalue weighted by molar-refractivity contribution is 5.87. The Balaban J connectivity index is 1.87. The van der Waals surface area contributed by atoms with Gasteiger partial charge < -0.3 is 14.7 Å². The van der Waals surface area contributed by atoms with Crippen LogP contribution in [0.3, 0.4) is 0 Å². The van der Waals surface area contributed by atoms with Crippen molar-refractivity contribution >= 4 is 16.9 Å². The number of para-hydroxylation sites is 1. The number of rotatable bonds is 4. The van der Waals surface area contributed by atoms with Crippen molar-refractivity contribution < 1.29 is 9.90 Å². The fraction of sp³-hybridized carbons (Fsp3) is 0.200. The van der Waals surface area contributed by atoms with Gasteiger partial charge in [0.1, 0.15) is 0 Å². The van der Waals surface area contributed by atoms with E-state index in [-0.39, 0.29) is 5.69 Å². The number of H-pyrrole nitrogens is 1. The lowest BCUT2D eigenvalue weighted by Gasteiger charge is -2.03. The van der Waals surface area contributed by atoms with Crippen LogP contribution in [0, 0.1) is 0 Å². The summed E-state index contributed by atoms with van der Waals surface area (Å²) in [6.07, 6.45) is 4.97. The number of carboxylic acids is 1. The van der Waals surface area contributed by atoms with Gasteiger partial charge in [0, 0.05) is 24.1 Å². The van der Waals surface area contributed by atoms with Crippen LogP contribution >= 0.6 is 0 Å². The predicted octanol–water partition coefficient (Wildman–Crippen LogP) is 2.38. The molecule has 2 aromatic heterocycles. The number of carbonyl (C=O) groups is 1. The molecule has 0 spiro atoms. The van der Waals surface area contributed by atoms with Crippen LogP contribution in [0.25, 0.3) is 10.9 Å². The monoisotopic (exact) mass is 269 g/mol. The molecular weight excluding hydrogens is 254 g/mol. The lowest BCUT2D eigenvalue weighted by Crippen LogP contribution is -2.06. The zero-order chi connectivity index (χ0) is 14.1. The Bertz CT molecular complexity index is 770. The highest BCUT2D eigenvalue weighted by Gasteiger charge is 2.15. The second-order valence-electron chi connectivity index (χ2n) is 4.82. The normalized spacial score (nSPS) is 11.1. The topological polar surface area (TPSA) is 70.9 Å². The van der Waals surface area contributed by atoms with Gasteiger partial charge in [0.15, 0.2) is 5.69 Å². The molecule has 5 heteroatoms. The minimum Gasteiger partial charge on any atom is -0.476 e. The largest absolute Gasteiger partial charge is 0.476 e. The predicted molar refractivity (Wildman–Crippen MR) is 75.9 cm³/mol. The maximum Gasteiger partial charge on any atom is 0.356 e. The summed E-state index contributed by atoms with van der Waals surface area (Å²) in [7, 11) is 1.82. The molecule has 3 rings (SSSR count). The molecule has 0 saturated carbocycles. The molecule has 102 valence electrons. The quantitative estimate of drug-likeness (QED) is 0.764. The van der Waals surface area contributed by atoms with Crippen LogP contribution in [-0.2, 0) is 19.9 Å². The average Bonchev–Trinajstić information content (AvgIpc) is 3.00. The minimum atomic E-state index is -0.973. The number of aryl methyl sites for hydroxylation is 2. The summed E-state index contributed by atoms with van der Waals surface area (Å²) in [4.78, 5) is 18.3. The lowest BCUT2D eigenvalue weighted by atomic mass is 10.1. The molecule has 0 aliphatic rings. The van der Waals surface area contributed by atoms with E-state index >= 15 is 0 Å². The molecule has 0 amide bonds. The van der Waals surface area contributed by atoms with Crippen molar-refractivity contribution in [2.24, 2.45) is 7.05 Å². The van der Waals surface area contributed by atoms with E-state index in [1.807, 2.05) is 31.4 Å². The van der Waals surface area contributed by atoms with Crippen LogP contribution in [0.2, 0.25) is 0 Å². The molecule has 2 N–H and O–H groups in total. The van der Waals surface area contributed by atoms with Gasteiger partial charge in [-0.05, 0) is 24.5 Å². The summed E-state index contributed by atoms with van der Waals surface area (Å²) in [5.41, 5.74) is 3.19. The maximum atomic E-state index is 11.1. The first kappa shape index (κ1) is 12.5. The SMILES string of the molecule is Cn1cnc(C(=O)O)c1CCc1c[nH]c2ccccc12. The van der Waals surface area contributed by atoms with E-state index in [2.05, 4.69) is 16.0 Å². The van der Waals surface area contributed by atoms with Gasteiger partial charge in [-0.3, -0.25) is 0 Å². The van der Waals surface area contributed by atoms with Gasteiger partial charge in [0.2, 0.25) is 0 Å². The average molecular weight is 269 g/mol. The first-order valence-electron chi connectivity index (χ1n) is 6.45. The number of hydrogen-bond acceptors (Lipinski definition) is 2. The molecule has 2 heterocycles. The summed E-state index contributed by atoms with van der Waals surface area (Å²) in [5.74, 6) is -0.973. The van der Waals surface area contributed by atoms with Crippen LogP contribution in [0.15, 0.2) is 36.8 Å².